The van der Waals surface area contributed by atoms with Crippen LogP contribution in [0.5, 0.6) is 11.5 Å². The molecular weight excluding hydrogens is 356 g/mol. The van der Waals surface area contributed by atoms with Crippen LogP contribution < -0.4 is 0 Å². The van der Waals surface area contributed by atoms with Crippen LogP contribution in [0.4, 0.5) is 0 Å². The van der Waals surface area contributed by atoms with Crippen LogP contribution in [0.15, 0.2) is 97.1 Å². The van der Waals surface area contributed by atoms with E-state index in [0.717, 1.165) is 22.3 Å². The molecule has 4 rings (SSSR count). The van der Waals surface area contributed by atoms with Crippen LogP contribution in [-0.4, -0.2) is 10.2 Å². The van der Waals surface area contributed by atoms with E-state index in [1.54, 1.807) is 24.3 Å². The summed E-state index contributed by atoms with van der Waals surface area (Å²) in [4.78, 5) is 0. The summed E-state index contributed by atoms with van der Waals surface area (Å²) in [5, 5.41) is 19.1. The van der Waals surface area contributed by atoms with Crippen molar-refractivity contribution in [3.8, 4) is 33.8 Å². The van der Waals surface area contributed by atoms with Crippen LogP contribution in [0.25, 0.3) is 22.3 Å². The second-order valence-corrected chi connectivity index (χ2v) is 7.88. The Balaban J connectivity index is 1.72. The third kappa shape index (κ3) is 3.88. The maximum Gasteiger partial charge on any atom is 0.115 e. The Kier molecular flexibility index (Phi) is 4.85. The maximum atomic E-state index is 9.56. The summed E-state index contributed by atoms with van der Waals surface area (Å²) in [5.74, 6) is 0.549. The van der Waals surface area contributed by atoms with Gasteiger partial charge in [-0.25, -0.2) is 0 Å². The molecule has 144 valence electrons. The lowest BCUT2D eigenvalue weighted by molar-refractivity contribution is 0.475. The van der Waals surface area contributed by atoms with Gasteiger partial charge in [0, 0.05) is 5.41 Å². The van der Waals surface area contributed by atoms with Crippen LogP contribution in [0.2, 0.25) is 0 Å². The Hall–Kier alpha value is -3.52. The number of aromatic hydroxyl groups is 2. The molecule has 0 bridgehead atoms. The summed E-state index contributed by atoms with van der Waals surface area (Å²) in [6.45, 7) is 4.47. The van der Waals surface area contributed by atoms with Gasteiger partial charge in [0.25, 0.3) is 0 Å². The predicted octanol–water partition coefficient (Wildman–Crippen LogP) is 6.76. The van der Waals surface area contributed by atoms with E-state index in [1.165, 1.54) is 11.1 Å². The summed E-state index contributed by atoms with van der Waals surface area (Å²) >= 11 is 0. The fourth-order valence-corrected chi connectivity index (χ4v) is 3.65. The number of hydrogen-bond acceptors (Lipinski definition) is 2. The minimum Gasteiger partial charge on any atom is -0.508 e. The van der Waals surface area contributed by atoms with Crippen molar-refractivity contribution in [2.75, 3.05) is 0 Å². The van der Waals surface area contributed by atoms with E-state index in [1.807, 2.05) is 24.3 Å². The predicted molar refractivity (Wildman–Crippen MR) is 119 cm³/mol. The van der Waals surface area contributed by atoms with Crippen LogP contribution in [0.3, 0.4) is 0 Å². The van der Waals surface area contributed by atoms with E-state index in [0.29, 0.717) is 0 Å². The minimum atomic E-state index is -0.181. The third-order valence-corrected chi connectivity index (χ3v) is 5.57. The van der Waals surface area contributed by atoms with Gasteiger partial charge in [-0.05, 0) is 57.6 Å². The smallest absolute Gasteiger partial charge is 0.115 e. The lowest BCUT2D eigenvalue weighted by Crippen LogP contribution is -2.19. The molecule has 0 aliphatic heterocycles. The van der Waals surface area contributed by atoms with Gasteiger partial charge in [-0.2, -0.15) is 0 Å². The Morgan fingerprint density at radius 3 is 1.24 bits per heavy atom. The van der Waals surface area contributed by atoms with Gasteiger partial charge in [0.05, 0.1) is 0 Å². The zero-order chi connectivity index (χ0) is 20.4. The van der Waals surface area contributed by atoms with Crippen molar-refractivity contribution in [3.63, 3.8) is 0 Å². The number of phenols is 2. The lowest BCUT2D eigenvalue weighted by Gasteiger charge is -2.27. The van der Waals surface area contributed by atoms with E-state index >= 15 is 0 Å². The van der Waals surface area contributed by atoms with Gasteiger partial charge in [0.2, 0.25) is 0 Å². The highest BCUT2D eigenvalue weighted by atomic mass is 16.3. The van der Waals surface area contributed by atoms with Crippen molar-refractivity contribution in [2.24, 2.45) is 0 Å². The number of phenolic OH excluding ortho intramolecular Hbond substituents is 2. The highest BCUT2D eigenvalue weighted by Crippen LogP contribution is 2.36. The standard InChI is InChI=1S/C27H24O2/c1-27(2,23-7-3-5-21(17-23)19-9-13-25(28)14-10-19)24-8-4-6-22(18-24)20-11-15-26(29)16-12-20/h3-18,28-29H,1-2H3. The summed E-state index contributed by atoms with van der Waals surface area (Å²) in [6.07, 6.45) is 0. The minimum absolute atomic E-state index is 0.181. The van der Waals surface area contributed by atoms with Gasteiger partial charge >= 0.3 is 0 Å². The molecule has 0 radical (unpaired) electrons. The normalized spacial score (nSPS) is 11.4. The summed E-state index contributed by atoms with van der Waals surface area (Å²) in [5.41, 5.74) is 6.70. The Bertz CT molecular complexity index is 1030. The first-order valence-corrected chi connectivity index (χ1v) is 9.73. The molecule has 0 fully saturated rings. The number of rotatable bonds is 4. The number of benzene rings is 4. The second-order valence-electron chi connectivity index (χ2n) is 7.88. The average Bonchev–Trinajstić information content (AvgIpc) is 2.75. The van der Waals surface area contributed by atoms with Crippen LogP contribution in [0, 0.1) is 0 Å². The molecule has 2 N–H and O–H groups in total. The van der Waals surface area contributed by atoms with Gasteiger partial charge < -0.3 is 10.2 Å². The summed E-state index contributed by atoms with van der Waals surface area (Å²) in [6, 6.07) is 31.8. The molecule has 29 heavy (non-hydrogen) atoms. The second kappa shape index (κ2) is 7.48. The molecule has 0 aromatic heterocycles. The summed E-state index contributed by atoms with van der Waals surface area (Å²) in [7, 11) is 0. The van der Waals surface area contributed by atoms with Gasteiger partial charge in [0.1, 0.15) is 11.5 Å². The van der Waals surface area contributed by atoms with E-state index in [-0.39, 0.29) is 16.9 Å². The zero-order valence-corrected chi connectivity index (χ0v) is 16.6. The van der Waals surface area contributed by atoms with Crippen molar-refractivity contribution < 1.29 is 10.2 Å². The van der Waals surface area contributed by atoms with Crippen molar-refractivity contribution >= 4 is 0 Å². The maximum absolute atomic E-state index is 9.56. The Morgan fingerprint density at radius 2 is 0.862 bits per heavy atom. The van der Waals surface area contributed by atoms with Crippen LogP contribution in [0.1, 0.15) is 25.0 Å². The quantitative estimate of drug-likeness (QED) is 0.411. The molecule has 4 aromatic rings. The van der Waals surface area contributed by atoms with Crippen LogP contribution >= 0.6 is 0 Å². The largest absolute Gasteiger partial charge is 0.508 e. The first-order chi connectivity index (χ1) is 13.9. The van der Waals surface area contributed by atoms with Gasteiger partial charge in [-0.15, -0.1) is 0 Å². The van der Waals surface area contributed by atoms with Gasteiger partial charge in [-0.1, -0.05) is 86.6 Å². The fourth-order valence-electron chi connectivity index (χ4n) is 3.65. The molecule has 2 heteroatoms. The van der Waals surface area contributed by atoms with Gasteiger partial charge in [-0.3, -0.25) is 0 Å². The molecule has 0 spiro atoms. The van der Waals surface area contributed by atoms with E-state index in [9.17, 15) is 10.2 Å². The average molecular weight is 380 g/mol. The Morgan fingerprint density at radius 1 is 0.483 bits per heavy atom. The van der Waals surface area contributed by atoms with Crippen molar-refractivity contribution in [1.29, 1.82) is 0 Å². The molecule has 2 nitrogen and oxygen atoms in total. The van der Waals surface area contributed by atoms with Gasteiger partial charge in [0.15, 0.2) is 0 Å². The molecule has 0 atom stereocenters. The molecule has 0 amide bonds. The monoisotopic (exact) mass is 380 g/mol. The molecule has 0 saturated heterocycles. The first kappa shape index (κ1) is 18.8. The van der Waals surface area contributed by atoms with Crippen molar-refractivity contribution in [3.05, 3.63) is 108 Å². The van der Waals surface area contributed by atoms with E-state index in [4.69, 9.17) is 0 Å². The molecule has 0 aliphatic carbocycles. The first-order valence-electron chi connectivity index (χ1n) is 9.73. The van der Waals surface area contributed by atoms with E-state index < -0.39 is 0 Å². The highest BCUT2D eigenvalue weighted by Gasteiger charge is 2.24. The highest BCUT2D eigenvalue weighted by molar-refractivity contribution is 5.67. The molecule has 0 aliphatic rings. The Labute approximate surface area is 171 Å². The SMILES string of the molecule is CC(C)(c1cccc(-c2ccc(O)cc2)c1)c1cccc(-c2ccc(O)cc2)c1. The zero-order valence-electron chi connectivity index (χ0n) is 16.6. The van der Waals surface area contributed by atoms with Crippen LogP contribution in [-0.2, 0) is 5.41 Å². The fraction of sp³-hybridized carbons (Fsp3) is 0.111. The third-order valence-electron chi connectivity index (χ3n) is 5.57. The number of hydrogen-bond donors (Lipinski definition) is 2. The van der Waals surface area contributed by atoms with E-state index in [2.05, 4.69) is 62.4 Å². The van der Waals surface area contributed by atoms with Crippen molar-refractivity contribution in [2.45, 2.75) is 19.3 Å². The van der Waals surface area contributed by atoms with Crippen molar-refractivity contribution in [1.82, 2.24) is 0 Å². The summed E-state index contributed by atoms with van der Waals surface area (Å²) < 4.78 is 0. The molecule has 0 saturated carbocycles. The topological polar surface area (TPSA) is 40.5 Å². The lowest BCUT2D eigenvalue weighted by atomic mass is 9.76. The molecule has 0 heterocycles. The molecule has 4 aromatic carbocycles. The molecule has 0 unspecified atom stereocenters. The molecular formula is C27H24O2.